The van der Waals surface area contributed by atoms with Crippen molar-refractivity contribution in [3.63, 3.8) is 0 Å². The number of nitrogens with zero attached hydrogens (tertiary/aromatic N) is 1. The average Bonchev–Trinajstić information content (AvgIpc) is 2.96. The summed E-state index contributed by atoms with van der Waals surface area (Å²) in [7, 11) is 0. The number of hydrogen-bond acceptors (Lipinski definition) is 4. The van der Waals surface area contributed by atoms with E-state index in [0.29, 0.717) is 15.7 Å². The number of anilines is 1. The summed E-state index contributed by atoms with van der Waals surface area (Å²) >= 11 is 7.16. The molecule has 1 atom stereocenters. The molecule has 0 aliphatic heterocycles. The van der Waals surface area contributed by atoms with Crippen LogP contribution in [0.1, 0.15) is 43.7 Å². The molecule has 128 valence electrons. The third-order valence-electron chi connectivity index (χ3n) is 3.35. The van der Waals surface area contributed by atoms with Gasteiger partial charge in [0.1, 0.15) is 6.04 Å². The highest BCUT2D eigenvalue weighted by molar-refractivity contribution is 7.14. The molecule has 2 rings (SSSR count). The summed E-state index contributed by atoms with van der Waals surface area (Å²) in [6, 6.07) is 5.79. The molecule has 0 bridgehead atoms. The fraction of sp³-hybridized carbons (Fsp3) is 0.353. The number of rotatable bonds is 4. The molecule has 24 heavy (non-hydrogen) atoms. The number of benzene rings is 1. The van der Waals surface area contributed by atoms with Gasteiger partial charge in [-0.2, -0.15) is 0 Å². The van der Waals surface area contributed by atoms with E-state index in [1.54, 1.807) is 31.2 Å². The third kappa shape index (κ3) is 4.79. The number of hydrogen-bond donors (Lipinski definition) is 2. The van der Waals surface area contributed by atoms with E-state index in [1.807, 2.05) is 5.38 Å². The quantitative estimate of drug-likeness (QED) is 0.864. The molecule has 0 fully saturated rings. The third-order valence-corrected chi connectivity index (χ3v) is 4.36. The minimum absolute atomic E-state index is 0.0755. The SMILES string of the molecule is CC(NC(=O)c1ccc(Cl)cc1)C(=O)Nc1nc(C(C)(C)C)cs1. The van der Waals surface area contributed by atoms with Gasteiger partial charge in [0, 0.05) is 21.4 Å². The van der Waals surface area contributed by atoms with E-state index in [9.17, 15) is 9.59 Å². The Morgan fingerprint density at radius 2 is 1.83 bits per heavy atom. The summed E-state index contributed by atoms with van der Waals surface area (Å²) in [4.78, 5) is 28.7. The molecule has 1 heterocycles. The van der Waals surface area contributed by atoms with Gasteiger partial charge in [-0.25, -0.2) is 4.98 Å². The predicted octanol–water partition coefficient (Wildman–Crippen LogP) is 3.85. The highest BCUT2D eigenvalue weighted by Crippen LogP contribution is 2.26. The molecule has 7 heteroatoms. The van der Waals surface area contributed by atoms with E-state index in [0.717, 1.165) is 5.69 Å². The smallest absolute Gasteiger partial charge is 0.251 e. The van der Waals surface area contributed by atoms with Crippen LogP contribution < -0.4 is 10.6 Å². The number of nitrogens with one attached hydrogen (secondary N) is 2. The summed E-state index contributed by atoms with van der Waals surface area (Å²) in [5, 5.41) is 8.39. The van der Waals surface area contributed by atoms with E-state index in [2.05, 4.69) is 36.4 Å². The van der Waals surface area contributed by atoms with Crippen LogP contribution in [0, 0.1) is 0 Å². The number of thiazole rings is 1. The molecular formula is C17H20ClN3O2S. The lowest BCUT2D eigenvalue weighted by molar-refractivity contribution is -0.117. The molecule has 0 saturated carbocycles. The first kappa shape index (κ1) is 18.4. The fourth-order valence-electron chi connectivity index (χ4n) is 1.84. The van der Waals surface area contributed by atoms with Crippen LogP contribution in [0.25, 0.3) is 0 Å². The van der Waals surface area contributed by atoms with Crippen LogP contribution in [0.4, 0.5) is 5.13 Å². The molecular weight excluding hydrogens is 346 g/mol. The Kier molecular flexibility index (Phi) is 5.62. The maximum Gasteiger partial charge on any atom is 0.251 e. The van der Waals surface area contributed by atoms with Crippen LogP contribution in [0.15, 0.2) is 29.6 Å². The molecule has 0 radical (unpaired) electrons. The van der Waals surface area contributed by atoms with E-state index >= 15 is 0 Å². The molecule has 1 unspecified atom stereocenters. The van der Waals surface area contributed by atoms with Crippen molar-refractivity contribution in [2.24, 2.45) is 0 Å². The van der Waals surface area contributed by atoms with Crippen molar-refractivity contribution in [1.29, 1.82) is 0 Å². The zero-order chi connectivity index (χ0) is 17.9. The largest absolute Gasteiger partial charge is 0.341 e. The van der Waals surface area contributed by atoms with Crippen LogP contribution >= 0.6 is 22.9 Å². The van der Waals surface area contributed by atoms with Gasteiger partial charge in [0.2, 0.25) is 5.91 Å². The Labute approximate surface area is 150 Å². The van der Waals surface area contributed by atoms with Crippen molar-refractivity contribution in [3.8, 4) is 0 Å². The summed E-state index contributed by atoms with van der Waals surface area (Å²) in [5.41, 5.74) is 1.29. The molecule has 0 aliphatic rings. The second-order valence-electron chi connectivity index (χ2n) is 6.48. The average molecular weight is 366 g/mol. The number of amides is 2. The lowest BCUT2D eigenvalue weighted by atomic mass is 9.93. The number of aromatic nitrogens is 1. The van der Waals surface area contributed by atoms with Crippen molar-refractivity contribution in [3.05, 3.63) is 45.9 Å². The van der Waals surface area contributed by atoms with Crippen LogP contribution in [-0.4, -0.2) is 22.8 Å². The Bertz CT molecular complexity index is 735. The second kappa shape index (κ2) is 7.32. The minimum atomic E-state index is -0.685. The lowest BCUT2D eigenvalue weighted by Gasteiger charge is -2.15. The van der Waals surface area contributed by atoms with Gasteiger partial charge in [-0.1, -0.05) is 32.4 Å². The maximum absolute atomic E-state index is 12.2. The lowest BCUT2D eigenvalue weighted by Crippen LogP contribution is -2.41. The van der Waals surface area contributed by atoms with Gasteiger partial charge in [0.05, 0.1) is 5.69 Å². The van der Waals surface area contributed by atoms with E-state index in [-0.39, 0.29) is 17.2 Å². The second-order valence-corrected chi connectivity index (χ2v) is 7.77. The van der Waals surface area contributed by atoms with Crippen molar-refractivity contribution in [2.75, 3.05) is 5.32 Å². The summed E-state index contributed by atoms with van der Waals surface area (Å²) in [6.45, 7) is 7.80. The molecule has 1 aromatic heterocycles. The first-order chi connectivity index (χ1) is 11.2. The van der Waals surface area contributed by atoms with Gasteiger partial charge in [-0.3, -0.25) is 9.59 Å². The molecule has 0 aliphatic carbocycles. The van der Waals surface area contributed by atoms with Crippen molar-refractivity contribution in [1.82, 2.24) is 10.3 Å². The Morgan fingerprint density at radius 1 is 1.21 bits per heavy atom. The molecule has 5 nitrogen and oxygen atoms in total. The zero-order valence-electron chi connectivity index (χ0n) is 14.0. The first-order valence-electron chi connectivity index (χ1n) is 7.50. The van der Waals surface area contributed by atoms with Crippen LogP contribution in [0.3, 0.4) is 0 Å². The van der Waals surface area contributed by atoms with Crippen molar-refractivity contribution < 1.29 is 9.59 Å². The predicted molar refractivity (Wildman–Crippen MR) is 97.8 cm³/mol. The van der Waals surface area contributed by atoms with Gasteiger partial charge in [-0.15, -0.1) is 11.3 Å². The van der Waals surface area contributed by atoms with Gasteiger partial charge in [0.15, 0.2) is 5.13 Å². The topological polar surface area (TPSA) is 71.1 Å². The number of carbonyl (C=O) groups excluding carboxylic acids is 2. The van der Waals surface area contributed by atoms with Gasteiger partial charge in [-0.05, 0) is 31.2 Å². The molecule has 0 saturated heterocycles. The van der Waals surface area contributed by atoms with Crippen LogP contribution in [-0.2, 0) is 10.2 Å². The van der Waals surface area contributed by atoms with Crippen molar-refractivity contribution in [2.45, 2.75) is 39.2 Å². The summed E-state index contributed by atoms with van der Waals surface area (Å²) in [6.07, 6.45) is 0. The highest BCUT2D eigenvalue weighted by Gasteiger charge is 2.20. The summed E-state index contributed by atoms with van der Waals surface area (Å²) < 4.78 is 0. The number of carbonyl (C=O) groups is 2. The van der Waals surface area contributed by atoms with Gasteiger partial charge < -0.3 is 10.6 Å². The van der Waals surface area contributed by atoms with E-state index in [1.165, 1.54) is 11.3 Å². The summed E-state index contributed by atoms with van der Waals surface area (Å²) in [5.74, 6) is -0.643. The van der Waals surface area contributed by atoms with Crippen LogP contribution in [0.5, 0.6) is 0 Å². The Balaban J connectivity index is 1.95. The van der Waals surface area contributed by atoms with Crippen LogP contribution in [0.2, 0.25) is 5.02 Å². The maximum atomic E-state index is 12.2. The Morgan fingerprint density at radius 3 is 2.38 bits per heavy atom. The molecule has 1 aromatic carbocycles. The number of halogens is 1. The van der Waals surface area contributed by atoms with Crippen molar-refractivity contribution >= 4 is 39.9 Å². The monoisotopic (exact) mass is 365 g/mol. The zero-order valence-corrected chi connectivity index (χ0v) is 15.6. The van der Waals surface area contributed by atoms with Gasteiger partial charge in [0.25, 0.3) is 5.91 Å². The first-order valence-corrected chi connectivity index (χ1v) is 8.76. The normalized spacial score (nSPS) is 12.5. The molecule has 2 amide bonds. The fourth-order valence-corrected chi connectivity index (χ4v) is 2.90. The molecule has 2 aromatic rings. The van der Waals surface area contributed by atoms with E-state index in [4.69, 9.17) is 11.6 Å². The Hall–Kier alpha value is -1.92. The minimum Gasteiger partial charge on any atom is -0.341 e. The van der Waals surface area contributed by atoms with E-state index < -0.39 is 6.04 Å². The standard InChI is InChI=1S/C17H20ClN3O2S/c1-10(19-15(23)11-5-7-12(18)8-6-11)14(22)21-16-20-13(9-24-16)17(2,3)4/h5-10H,1-4H3,(H,19,23)(H,20,21,22). The molecule has 0 spiro atoms. The molecule has 2 N–H and O–H groups in total. The van der Waals surface area contributed by atoms with Gasteiger partial charge >= 0.3 is 0 Å². The highest BCUT2D eigenvalue weighted by atomic mass is 35.5.